The summed E-state index contributed by atoms with van der Waals surface area (Å²) in [5.74, 6) is 0.00635. The molecular formula is C16H12BrFO2. The van der Waals surface area contributed by atoms with Crippen molar-refractivity contribution in [2.45, 2.75) is 12.8 Å². The molecule has 0 atom stereocenters. The number of ether oxygens (including phenoxy) is 1. The summed E-state index contributed by atoms with van der Waals surface area (Å²) >= 11 is 3.26. The lowest BCUT2D eigenvalue weighted by atomic mass is 9.98. The summed E-state index contributed by atoms with van der Waals surface area (Å²) in [7, 11) is 0. The lowest BCUT2D eigenvalue weighted by Crippen LogP contribution is -2.10. The SMILES string of the molecule is O=C(c1ccc2c(c1)CCCO2)c1cc(Br)ccc1F. The van der Waals surface area contributed by atoms with Gasteiger partial charge in [0.05, 0.1) is 12.2 Å². The van der Waals surface area contributed by atoms with Crippen LogP contribution in [0.4, 0.5) is 4.39 Å². The summed E-state index contributed by atoms with van der Waals surface area (Å²) < 4.78 is 20.0. The van der Waals surface area contributed by atoms with Crippen LogP contribution in [0.25, 0.3) is 0 Å². The molecule has 2 aromatic rings. The number of aryl methyl sites for hydroxylation is 1. The average molecular weight is 335 g/mol. The topological polar surface area (TPSA) is 26.3 Å². The zero-order chi connectivity index (χ0) is 14.1. The van der Waals surface area contributed by atoms with Crippen molar-refractivity contribution in [3.63, 3.8) is 0 Å². The first kappa shape index (κ1) is 13.3. The van der Waals surface area contributed by atoms with Crippen LogP contribution >= 0.6 is 15.9 Å². The number of carbonyl (C=O) groups is 1. The highest BCUT2D eigenvalue weighted by atomic mass is 79.9. The van der Waals surface area contributed by atoms with Crippen LogP contribution in [0.1, 0.15) is 27.9 Å². The van der Waals surface area contributed by atoms with Gasteiger partial charge in [-0.05, 0) is 54.8 Å². The number of hydrogen-bond acceptors (Lipinski definition) is 2. The third-order valence-corrected chi connectivity index (χ3v) is 3.84. The smallest absolute Gasteiger partial charge is 0.196 e. The van der Waals surface area contributed by atoms with E-state index < -0.39 is 5.82 Å². The van der Waals surface area contributed by atoms with Gasteiger partial charge in [-0.15, -0.1) is 0 Å². The van der Waals surface area contributed by atoms with Crippen LogP contribution < -0.4 is 4.74 Å². The van der Waals surface area contributed by atoms with Gasteiger partial charge in [0, 0.05) is 10.0 Å². The minimum Gasteiger partial charge on any atom is -0.493 e. The van der Waals surface area contributed by atoms with E-state index >= 15 is 0 Å². The van der Waals surface area contributed by atoms with Crippen LogP contribution in [-0.2, 0) is 6.42 Å². The highest BCUT2D eigenvalue weighted by molar-refractivity contribution is 9.10. The van der Waals surface area contributed by atoms with Gasteiger partial charge in [0.15, 0.2) is 5.78 Å². The third kappa shape index (κ3) is 2.48. The van der Waals surface area contributed by atoms with E-state index in [2.05, 4.69) is 15.9 Å². The van der Waals surface area contributed by atoms with Crippen molar-refractivity contribution in [1.82, 2.24) is 0 Å². The van der Waals surface area contributed by atoms with Crippen molar-refractivity contribution in [3.05, 3.63) is 63.4 Å². The molecule has 2 aromatic carbocycles. The molecule has 0 spiro atoms. The second-order valence-electron chi connectivity index (χ2n) is 4.73. The quantitative estimate of drug-likeness (QED) is 0.771. The maximum absolute atomic E-state index is 13.8. The zero-order valence-electron chi connectivity index (χ0n) is 10.7. The summed E-state index contributed by atoms with van der Waals surface area (Å²) in [5.41, 5.74) is 1.58. The molecule has 102 valence electrons. The summed E-state index contributed by atoms with van der Waals surface area (Å²) in [6, 6.07) is 9.65. The second-order valence-corrected chi connectivity index (χ2v) is 5.64. The van der Waals surface area contributed by atoms with Gasteiger partial charge in [0.25, 0.3) is 0 Å². The second kappa shape index (κ2) is 5.37. The fraction of sp³-hybridized carbons (Fsp3) is 0.188. The molecule has 2 nitrogen and oxygen atoms in total. The standard InChI is InChI=1S/C16H12BrFO2/c17-12-4-5-14(18)13(9-12)16(19)11-3-6-15-10(8-11)2-1-7-20-15/h3-6,8-9H,1-2,7H2. The molecule has 4 heteroatoms. The molecule has 0 aromatic heterocycles. The molecule has 1 heterocycles. The van der Waals surface area contributed by atoms with Crippen LogP contribution in [0.3, 0.4) is 0 Å². The molecule has 0 bridgehead atoms. The Morgan fingerprint density at radius 3 is 2.90 bits per heavy atom. The Bertz CT molecular complexity index is 682. The van der Waals surface area contributed by atoms with E-state index in [0.29, 0.717) is 16.6 Å². The number of halogens is 2. The van der Waals surface area contributed by atoms with Gasteiger partial charge in [-0.25, -0.2) is 4.39 Å². The summed E-state index contributed by atoms with van der Waals surface area (Å²) in [5, 5.41) is 0. The number of fused-ring (bicyclic) bond motifs is 1. The predicted octanol–water partition coefficient (Wildman–Crippen LogP) is 4.14. The van der Waals surface area contributed by atoms with E-state index in [1.165, 1.54) is 12.1 Å². The molecule has 1 aliphatic rings. The normalized spacial score (nSPS) is 13.5. The van der Waals surface area contributed by atoms with Crippen molar-refractivity contribution < 1.29 is 13.9 Å². The molecule has 0 amide bonds. The first-order valence-corrected chi connectivity index (χ1v) is 7.20. The molecular weight excluding hydrogens is 323 g/mol. The minimum atomic E-state index is -0.507. The Morgan fingerprint density at radius 1 is 1.20 bits per heavy atom. The number of ketones is 1. The van der Waals surface area contributed by atoms with Crippen molar-refractivity contribution >= 4 is 21.7 Å². The molecule has 20 heavy (non-hydrogen) atoms. The zero-order valence-corrected chi connectivity index (χ0v) is 12.2. The maximum atomic E-state index is 13.8. The maximum Gasteiger partial charge on any atom is 0.196 e. The molecule has 0 N–H and O–H groups in total. The van der Waals surface area contributed by atoms with Gasteiger partial charge in [-0.3, -0.25) is 4.79 Å². The van der Waals surface area contributed by atoms with Gasteiger partial charge < -0.3 is 4.74 Å². The van der Waals surface area contributed by atoms with E-state index in [4.69, 9.17) is 4.74 Å². The monoisotopic (exact) mass is 334 g/mol. The first-order valence-electron chi connectivity index (χ1n) is 6.40. The Morgan fingerprint density at radius 2 is 2.05 bits per heavy atom. The van der Waals surface area contributed by atoms with E-state index in [-0.39, 0.29) is 11.3 Å². The van der Waals surface area contributed by atoms with Crippen LogP contribution in [0, 0.1) is 5.82 Å². The molecule has 3 rings (SSSR count). The minimum absolute atomic E-state index is 0.0797. The molecule has 0 aliphatic carbocycles. The Kier molecular flexibility index (Phi) is 3.57. The fourth-order valence-electron chi connectivity index (χ4n) is 2.33. The van der Waals surface area contributed by atoms with Crippen molar-refractivity contribution in [2.24, 2.45) is 0 Å². The van der Waals surface area contributed by atoms with Gasteiger partial charge in [0.1, 0.15) is 11.6 Å². The Labute approximate surface area is 124 Å². The van der Waals surface area contributed by atoms with Gasteiger partial charge in [-0.2, -0.15) is 0 Å². The molecule has 0 radical (unpaired) electrons. The van der Waals surface area contributed by atoms with Gasteiger partial charge in [0.2, 0.25) is 0 Å². The fourth-order valence-corrected chi connectivity index (χ4v) is 2.69. The highest BCUT2D eigenvalue weighted by Crippen LogP contribution is 2.27. The Hall–Kier alpha value is -1.68. The summed E-state index contributed by atoms with van der Waals surface area (Å²) in [4.78, 5) is 12.4. The highest BCUT2D eigenvalue weighted by Gasteiger charge is 2.17. The number of hydrogen-bond donors (Lipinski definition) is 0. The summed E-state index contributed by atoms with van der Waals surface area (Å²) in [6.07, 6.45) is 1.83. The van der Waals surface area contributed by atoms with Crippen molar-refractivity contribution in [1.29, 1.82) is 0 Å². The van der Waals surface area contributed by atoms with Gasteiger partial charge in [-0.1, -0.05) is 15.9 Å². The first-order chi connectivity index (χ1) is 9.65. The molecule has 0 unspecified atom stereocenters. The van der Waals surface area contributed by atoms with Crippen LogP contribution in [0.5, 0.6) is 5.75 Å². The molecule has 1 aliphatic heterocycles. The van der Waals surface area contributed by atoms with Crippen molar-refractivity contribution in [2.75, 3.05) is 6.61 Å². The van der Waals surface area contributed by atoms with Crippen LogP contribution in [0.2, 0.25) is 0 Å². The van der Waals surface area contributed by atoms with Crippen LogP contribution in [-0.4, -0.2) is 12.4 Å². The van der Waals surface area contributed by atoms with Crippen molar-refractivity contribution in [3.8, 4) is 5.75 Å². The van der Waals surface area contributed by atoms with E-state index in [9.17, 15) is 9.18 Å². The van der Waals surface area contributed by atoms with E-state index in [1.54, 1.807) is 24.3 Å². The lowest BCUT2D eigenvalue weighted by molar-refractivity contribution is 0.103. The molecule has 0 saturated heterocycles. The Balaban J connectivity index is 2.00. The lowest BCUT2D eigenvalue weighted by Gasteiger charge is -2.17. The average Bonchev–Trinajstić information content (AvgIpc) is 2.48. The van der Waals surface area contributed by atoms with E-state index in [0.717, 1.165) is 24.2 Å². The third-order valence-electron chi connectivity index (χ3n) is 3.34. The van der Waals surface area contributed by atoms with Crippen LogP contribution in [0.15, 0.2) is 40.9 Å². The number of rotatable bonds is 2. The molecule has 0 fully saturated rings. The predicted molar refractivity (Wildman–Crippen MR) is 77.8 cm³/mol. The largest absolute Gasteiger partial charge is 0.493 e. The molecule has 0 saturated carbocycles. The number of benzene rings is 2. The van der Waals surface area contributed by atoms with E-state index in [1.807, 2.05) is 0 Å². The van der Waals surface area contributed by atoms with Gasteiger partial charge >= 0.3 is 0 Å². The summed E-state index contributed by atoms with van der Waals surface area (Å²) in [6.45, 7) is 0.709. The number of carbonyl (C=O) groups excluding carboxylic acids is 1.